The molecule has 0 spiro atoms. The van der Waals surface area contributed by atoms with Gasteiger partial charge in [0.15, 0.2) is 11.0 Å². The number of nitrogens with zero attached hydrogens (tertiary/aromatic N) is 3. The molecule has 0 bridgehead atoms. The van der Waals surface area contributed by atoms with Gasteiger partial charge in [0, 0.05) is 13.1 Å². The quantitative estimate of drug-likeness (QED) is 0.541. The molecule has 0 aliphatic carbocycles. The van der Waals surface area contributed by atoms with Crippen LogP contribution in [-0.2, 0) is 11.3 Å². The van der Waals surface area contributed by atoms with Crippen molar-refractivity contribution in [2.75, 3.05) is 12.3 Å². The van der Waals surface area contributed by atoms with Gasteiger partial charge >= 0.3 is 6.03 Å². The molecule has 2 heterocycles. The van der Waals surface area contributed by atoms with Gasteiger partial charge in [0.2, 0.25) is 5.91 Å². The van der Waals surface area contributed by atoms with Gasteiger partial charge in [-0.1, -0.05) is 31.7 Å². The predicted octanol–water partition coefficient (Wildman–Crippen LogP) is 2.61. The Kier molecular flexibility index (Phi) is 7.02. The van der Waals surface area contributed by atoms with Crippen LogP contribution >= 0.6 is 11.8 Å². The van der Waals surface area contributed by atoms with E-state index >= 15 is 0 Å². The molecule has 9 heteroatoms. The fourth-order valence-corrected chi connectivity index (χ4v) is 2.89. The molecule has 0 saturated carbocycles. The van der Waals surface area contributed by atoms with Crippen LogP contribution in [0.5, 0.6) is 0 Å². The van der Waals surface area contributed by atoms with Gasteiger partial charge in [-0.25, -0.2) is 4.79 Å². The number of furan rings is 1. The zero-order chi connectivity index (χ0) is 19.1. The molecule has 2 rings (SSSR count). The molecule has 2 aromatic rings. The number of hydrogen-bond donors (Lipinski definition) is 2. The topological polar surface area (TPSA) is 102 Å². The van der Waals surface area contributed by atoms with Gasteiger partial charge < -0.3 is 9.73 Å². The van der Waals surface area contributed by atoms with Crippen molar-refractivity contribution >= 4 is 23.7 Å². The SMILES string of the molecule is C=CCn1c(SCC(=O)NC(=O)NCC(C)C)nnc1-c1ccoc1C. The smallest absolute Gasteiger partial charge is 0.321 e. The fraction of sp³-hybridized carbons (Fsp3) is 0.412. The van der Waals surface area contributed by atoms with Crippen LogP contribution in [0, 0.1) is 12.8 Å². The highest BCUT2D eigenvalue weighted by Crippen LogP contribution is 2.26. The fourth-order valence-electron chi connectivity index (χ4n) is 2.14. The Morgan fingerprint density at radius 2 is 2.19 bits per heavy atom. The molecule has 0 fully saturated rings. The number of allylic oxidation sites excluding steroid dienone is 1. The summed E-state index contributed by atoms with van der Waals surface area (Å²) in [6.07, 6.45) is 3.32. The lowest BCUT2D eigenvalue weighted by Crippen LogP contribution is -2.41. The third-order valence-electron chi connectivity index (χ3n) is 3.38. The summed E-state index contributed by atoms with van der Waals surface area (Å²) >= 11 is 1.20. The number of urea groups is 1. The van der Waals surface area contributed by atoms with Crippen LogP contribution in [0.3, 0.4) is 0 Å². The molecular weight excluding hydrogens is 354 g/mol. The first-order valence-electron chi connectivity index (χ1n) is 8.21. The highest BCUT2D eigenvalue weighted by Gasteiger charge is 2.18. The third-order valence-corrected chi connectivity index (χ3v) is 4.35. The number of rotatable bonds is 8. The number of imide groups is 1. The van der Waals surface area contributed by atoms with E-state index in [-0.39, 0.29) is 5.75 Å². The Labute approximate surface area is 156 Å². The summed E-state index contributed by atoms with van der Waals surface area (Å²) in [5.74, 6) is 1.35. The van der Waals surface area contributed by atoms with Gasteiger partial charge in [-0.15, -0.1) is 16.8 Å². The minimum atomic E-state index is -0.494. The van der Waals surface area contributed by atoms with Crippen molar-refractivity contribution < 1.29 is 14.0 Å². The van der Waals surface area contributed by atoms with Crippen LogP contribution in [0.15, 0.2) is 34.6 Å². The molecule has 2 N–H and O–H groups in total. The summed E-state index contributed by atoms with van der Waals surface area (Å²) in [5, 5.41) is 13.8. The normalized spacial score (nSPS) is 10.8. The summed E-state index contributed by atoms with van der Waals surface area (Å²) in [6.45, 7) is 10.5. The Morgan fingerprint density at radius 3 is 2.81 bits per heavy atom. The molecule has 26 heavy (non-hydrogen) atoms. The second-order valence-electron chi connectivity index (χ2n) is 6.04. The maximum absolute atomic E-state index is 11.9. The molecule has 0 radical (unpaired) electrons. The molecular formula is C17H23N5O3S. The van der Waals surface area contributed by atoms with Crippen molar-refractivity contribution in [2.24, 2.45) is 5.92 Å². The van der Waals surface area contributed by atoms with Gasteiger partial charge in [0.05, 0.1) is 17.6 Å². The summed E-state index contributed by atoms with van der Waals surface area (Å²) in [6, 6.07) is 1.32. The van der Waals surface area contributed by atoms with Crippen LogP contribution in [0.4, 0.5) is 4.79 Å². The maximum atomic E-state index is 11.9. The second kappa shape index (κ2) is 9.23. The van der Waals surface area contributed by atoms with E-state index in [1.807, 2.05) is 31.4 Å². The zero-order valence-corrected chi connectivity index (χ0v) is 15.9. The van der Waals surface area contributed by atoms with E-state index in [0.29, 0.717) is 30.0 Å². The van der Waals surface area contributed by atoms with E-state index in [1.54, 1.807) is 12.3 Å². The zero-order valence-electron chi connectivity index (χ0n) is 15.1. The van der Waals surface area contributed by atoms with Crippen LogP contribution in [0.2, 0.25) is 0 Å². The van der Waals surface area contributed by atoms with Crippen molar-refractivity contribution in [2.45, 2.75) is 32.5 Å². The van der Waals surface area contributed by atoms with Crippen LogP contribution in [-0.4, -0.2) is 39.0 Å². The lowest BCUT2D eigenvalue weighted by molar-refractivity contribution is -0.117. The number of aromatic nitrogens is 3. The number of thioether (sulfide) groups is 1. The highest BCUT2D eigenvalue weighted by molar-refractivity contribution is 7.99. The lowest BCUT2D eigenvalue weighted by Gasteiger charge is -2.09. The van der Waals surface area contributed by atoms with Crippen molar-refractivity contribution in [3.8, 4) is 11.4 Å². The molecule has 0 saturated heterocycles. The minimum absolute atomic E-state index is 0.0503. The van der Waals surface area contributed by atoms with E-state index in [4.69, 9.17) is 4.42 Å². The summed E-state index contributed by atoms with van der Waals surface area (Å²) in [7, 11) is 0. The molecule has 3 amide bonds. The van der Waals surface area contributed by atoms with Gasteiger partial charge in [-0.05, 0) is 18.9 Å². The average molecular weight is 377 g/mol. The molecule has 2 aromatic heterocycles. The van der Waals surface area contributed by atoms with Crippen molar-refractivity contribution in [1.29, 1.82) is 0 Å². The Hall–Kier alpha value is -2.55. The van der Waals surface area contributed by atoms with Gasteiger partial charge in [-0.2, -0.15) is 0 Å². The van der Waals surface area contributed by atoms with Crippen LogP contribution in [0.25, 0.3) is 11.4 Å². The van der Waals surface area contributed by atoms with E-state index in [1.165, 1.54) is 11.8 Å². The Morgan fingerprint density at radius 1 is 1.42 bits per heavy atom. The van der Waals surface area contributed by atoms with E-state index in [2.05, 4.69) is 27.4 Å². The molecule has 0 unspecified atom stereocenters. The number of amides is 3. The maximum Gasteiger partial charge on any atom is 0.321 e. The third kappa shape index (κ3) is 5.22. The standard InChI is InChI=1S/C17H23N5O3S/c1-5-7-22-15(13-6-8-25-12(13)4)20-21-17(22)26-10-14(23)19-16(24)18-9-11(2)3/h5-6,8,11H,1,7,9-10H2,2-4H3,(H2,18,19,23,24). The van der Waals surface area contributed by atoms with E-state index in [9.17, 15) is 9.59 Å². The van der Waals surface area contributed by atoms with Crippen LogP contribution < -0.4 is 10.6 Å². The Balaban J connectivity index is 2.00. The van der Waals surface area contributed by atoms with Gasteiger partial charge in [0.25, 0.3) is 0 Å². The molecule has 0 aliphatic rings. The average Bonchev–Trinajstić information content (AvgIpc) is 3.17. The van der Waals surface area contributed by atoms with Gasteiger partial charge in [0.1, 0.15) is 5.76 Å². The van der Waals surface area contributed by atoms with Crippen molar-refractivity contribution in [3.63, 3.8) is 0 Å². The summed E-state index contributed by atoms with van der Waals surface area (Å²) in [4.78, 5) is 23.6. The number of carbonyl (C=O) groups excluding carboxylic acids is 2. The molecule has 0 aliphatic heterocycles. The van der Waals surface area contributed by atoms with Crippen LogP contribution in [0.1, 0.15) is 19.6 Å². The van der Waals surface area contributed by atoms with Crippen molar-refractivity contribution in [1.82, 2.24) is 25.4 Å². The number of aryl methyl sites for hydroxylation is 1. The molecule has 0 atom stereocenters. The summed E-state index contributed by atoms with van der Waals surface area (Å²) < 4.78 is 7.17. The lowest BCUT2D eigenvalue weighted by atomic mass is 10.2. The molecule has 0 aromatic carbocycles. The first-order valence-corrected chi connectivity index (χ1v) is 9.20. The van der Waals surface area contributed by atoms with E-state index < -0.39 is 11.9 Å². The first kappa shape index (κ1) is 19.8. The van der Waals surface area contributed by atoms with Crippen molar-refractivity contribution in [3.05, 3.63) is 30.7 Å². The minimum Gasteiger partial charge on any atom is -0.469 e. The largest absolute Gasteiger partial charge is 0.469 e. The van der Waals surface area contributed by atoms with Gasteiger partial charge in [-0.3, -0.25) is 14.7 Å². The monoisotopic (exact) mass is 377 g/mol. The summed E-state index contributed by atoms with van der Waals surface area (Å²) in [5.41, 5.74) is 0.837. The Bertz CT molecular complexity index is 781. The first-order chi connectivity index (χ1) is 12.4. The highest BCUT2D eigenvalue weighted by atomic mass is 32.2. The number of hydrogen-bond acceptors (Lipinski definition) is 6. The second-order valence-corrected chi connectivity index (χ2v) is 6.98. The predicted molar refractivity (Wildman–Crippen MR) is 99.8 cm³/mol. The number of carbonyl (C=O) groups is 2. The molecule has 140 valence electrons. The van der Waals surface area contributed by atoms with E-state index in [0.717, 1.165) is 11.3 Å². The number of nitrogens with one attached hydrogen (secondary N) is 2. The molecule has 8 nitrogen and oxygen atoms in total.